The minimum atomic E-state index is -0.443. The van der Waals surface area contributed by atoms with E-state index in [4.69, 9.17) is 10.8 Å². The first-order valence-electron chi connectivity index (χ1n) is 4.44. The Morgan fingerprint density at radius 2 is 2.00 bits per heavy atom. The van der Waals surface area contributed by atoms with E-state index in [1.54, 1.807) is 24.3 Å². The molecule has 0 fully saturated rings. The third-order valence-corrected chi connectivity index (χ3v) is 1.31. The summed E-state index contributed by atoms with van der Waals surface area (Å²) in [6.07, 6.45) is 0.933. The van der Waals surface area contributed by atoms with E-state index >= 15 is 0 Å². The second-order valence-corrected chi connectivity index (χ2v) is 2.63. The fourth-order valence-corrected chi connectivity index (χ4v) is 0.676. The van der Waals surface area contributed by atoms with Gasteiger partial charge in [0, 0.05) is 6.54 Å². The van der Waals surface area contributed by atoms with Crippen molar-refractivity contribution in [2.45, 2.75) is 13.3 Å². The predicted octanol–water partition coefficient (Wildman–Crippen LogP) is 1.46. The average Bonchev–Trinajstić information content (AvgIpc) is 2.17. The fourth-order valence-electron chi connectivity index (χ4n) is 0.676. The standard InChI is InChI=1S/C6H6O.C4H10N2O/c7-6-4-2-1-3-5-6;1-2-3-6-4(5)7/h1-5,7H;2-3H2,1H3,(H3,5,6,7). The Balaban J connectivity index is 0.000000241. The van der Waals surface area contributed by atoms with Gasteiger partial charge in [-0.1, -0.05) is 25.1 Å². The van der Waals surface area contributed by atoms with Crippen molar-refractivity contribution in [1.29, 1.82) is 0 Å². The predicted molar refractivity (Wildman–Crippen MR) is 56.0 cm³/mol. The summed E-state index contributed by atoms with van der Waals surface area (Å²) in [4.78, 5) is 9.87. The number of carbonyl (C=O) groups excluding carboxylic acids is 1. The Morgan fingerprint density at radius 1 is 1.43 bits per heavy atom. The van der Waals surface area contributed by atoms with Crippen LogP contribution in [0.15, 0.2) is 30.3 Å². The summed E-state index contributed by atoms with van der Waals surface area (Å²) >= 11 is 0. The molecule has 4 N–H and O–H groups in total. The van der Waals surface area contributed by atoms with Crippen LogP contribution >= 0.6 is 0 Å². The minimum absolute atomic E-state index is 0.322. The highest BCUT2D eigenvalue weighted by atomic mass is 16.3. The van der Waals surface area contributed by atoms with Crippen molar-refractivity contribution in [2.24, 2.45) is 5.73 Å². The number of carbonyl (C=O) groups is 1. The van der Waals surface area contributed by atoms with Crippen molar-refractivity contribution < 1.29 is 9.90 Å². The number of hydrogen-bond acceptors (Lipinski definition) is 2. The second kappa shape index (κ2) is 7.91. The lowest BCUT2D eigenvalue weighted by atomic mass is 10.3. The number of urea groups is 1. The molecule has 0 aliphatic carbocycles. The van der Waals surface area contributed by atoms with Crippen LogP contribution in [0, 0.1) is 0 Å². The maximum absolute atomic E-state index is 9.87. The number of benzene rings is 1. The van der Waals surface area contributed by atoms with Crippen LogP contribution in [0.1, 0.15) is 13.3 Å². The highest BCUT2D eigenvalue weighted by molar-refractivity contribution is 5.71. The van der Waals surface area contributed by atoms with Crippen molar-refractivity contribution in [2.75, 3.05) is 6.54 Å². The number of primary amides is 1. The van der Waals surface area contributed by atoms with E-state index in [0.29, 0.717) is 12.3 Å². The highest BCUT2D eigenvalue weighted by Crippen LogP contribution is 2.02. The van der Waals surface area contributed by atoms with Crippen LogP contribution in [0.2, 0.25) is 0 Å². The molecule has 0 saturated heterocycles. The number of nitrogens with one attached hydrogen (secondary N) is 1. The van der Waals surface area contributed by atoms with Gasteiger partial charge in [0.05, 0.1) is 0 Å². The molecule has 0 aliphatic rings. The Labute approximate surface area is 83.7 Å². The third-order valence-electron chi connectivity index (χ3n) is 1.31. The number of nitrogens with two attached hydrogens (primary N) is 1. The van der Waals surface area contributed by atoms with Crippen molar-refractivity contribution in [1.82, 2.24) is 5.32 Å². The van der Waals surface area contributed by atoms with E-state index in [1.807, 2.05) is 13.0 Å². The van der Waals surface area contributed by atoms with Gasteiger partial charge in [0.15, 0.2) is 0 Å². The van der Waals surface area contributed by atoms with Crippen LogP contribution in [-0.4, -0.2) is 17.7 Å². The number of phenolic OH excluding ortho intramolecular Hbond substituents is 1. The monoisotopic (exact) mass is 196 g/mol. The van der Waals surface area contributed by atoms with Crippen molar-refractivity contribution in [3.8, 4) is 5.75 Å². The number of rotatable bonds is 2. The number of phenols is 1. The molecule has 1 aromatic rings. The van der Waals surface area contributed by atoms with Crippen LogP contribution in [-0.2, 0) is 0 Å². The molecule has 0 aromatic heterocycles. The summed E-state index contributed by atoms with van der Waals surface area (Å²) in [5.74, 6) is 0.322. The maximum Gasteiger partial charge on any atom is 0.312 e. The highest BCUT2D eigenvalue weighted by Gasteiger charge is 1.83. The summed E-state index contributed by atoms with van der Waals surface area (Å²) in [5.41, 5.74) is 4.73. The van der Waals surface area contributed by atoms with Crippen LogP contribution < -0.4 is 11.1 Å². The Kier molecular flexibility index (Phi) is 6.95. The number of amides is 2. The SMILES string of the molecule is CCCNC(N)=O.Oc1ccccc1. The van der Waals surface area contributed by atoms with Gasteiger partial charge in [-0.3, -0.25) is 0 Å². The van der Waals surface area contributed by atoms with Crippen LogP contribution in [0.5, 0.6) is 5.75 Å². The molecule has 4 heteroatoms. The van der Waals surface area contributed by atoms with E-state index in [1.165, 1.54) is 0 Å². The average molecular weight is 196 g/mol. The van der Waals surface area contributed by atoms with Gasteiger partial charge in [-0.05, 0) is 18.6 Å². The lowest BCUT2D eigenvalue weighted by Crippen LogP contribution is -2.29. The van der Waals surface area contributed by atoms with Gasteiger partial charge >= 0.3 is 6.03 Å². The van der Waals surface area contributed by atoms with Crippen molar-refractivity contribution >= 4 is 6.03 Å². The second-order valence-electron chi connectivity index (χ2n) is 2.63. The van der Waals surface area contributed by atoms with E-state index < -0.39 is 6.03 Å². The van der Waals surface area contributed by atoms with Gasteiger partial charge in [0.2, 0.25) is 0 Å². The first-order chi connectivity index (χ1) is 6.66. The van der Waals surface area contributed by atoms with E-state index in [0.717, 1.165) is 6.42 Å². The summed E-state index contributed by atoms with van der Waals surface area (Å²) < 4.78 is 0. The lowest BCUT2D eigenvalue weighted by Gasteiger charge is -1.93. The molecule has 14 heavy (non-hydrogen) atoms. The van der Waals surface area contributed by atoms with Gasteiger partial charge in [0.1, 0.15) is 5.75 Å². The first-order valence-corrected chi connectivity index (χ1v) is 4.44. The van der Waals surface area contributed by atoms with Gasteiger partial charge < -0.3 is 16.2 Å². The maximum atomic E-state index is 9.87. The van der Waals surface area contributed by atoms with Crippen LogP contribution in [0.4, 0.5) is 4.79 Å². The number of hydrogen-bond donors (Lipinski definition) is 3. The Morgan fingerprint density at radius 3 is 2.21 bits per heavy atom. The van der Waals surface area contributed by atoms with Gasteiger partial charge in [-0.2, -0.15) is 0 Å². The van der Waals surface area contributed by atoms with Crippen LogP contribution in [0.25, 0.3) is 0 Å². The summed E-state index contributed by atoms with van der Waals surface area (Å²) in [6, 6.07) is 8.27. The molecular weight excluding hydrogens is 180 g/mol. The smallest absolute Gasteiger partial charge is 0.312 e. The molecule has 0 radical (unpaired) electrons. The Bertz CT molecular complexity index is 250. The molecule has 0 aliphatic heterocycles. The molecule has 1 rings (SSSR count). The quantitative estimate of drug-likeness (QED) is 0.669. The third kappa shape index (κ3) is 8.39. The van der Waals surface area contributed by atoms with Crippen molar-refractivity contribution in [3.63, 3.8) is 0 Å². The zero-order valence-electron chi connectivity index (χ0n) is 8.23. The summed E-state index contributed by atoms with van der Waals surface area (Å²) in [5, 5.41) is 11.1. The zero-order valence-corrected chi connectivity index (χ0v) is 8.23. The molecule has 0 saturated carbocycles. The van der Waals surface area contributed by atoms with Gasteiger partial charge in [0.25, 0.3) is 0 Å². The summed E-state index contributed by atoms with van der Waals surface area (Å²) in [6.45, 7) is 2.64. The molecule has 2 amide bonds. The molecule has 1 aromatic carbocycles. The lowest BCUT2D eigenvalue weighted by molar-refractivity contribution is 0.249. The minimum Gasteiger partial charge on any atom is -0.508 e. The van der Waals surface area contributed by atoms with E-state index in [2.05, 4.69) is 5.32 Å². The van der Waals surface area contributed by atoms with Crippen LogP contribution in [0.3, 0.4) is 0 Å². The molecule has 0 heterocycles. The first kappa shape index (κ1) is 12.3. The van der Waals surface area contributed by atoms with E-state index in [-0.39, 0.29) is 0 Å². The molecular formula is C10H16N2O2. The normalized spacial score (nSPS) is 8.36. The molecule has 0 unspecified atom stereocenters. The van der Waals surface area contributed by atoms with E-state index in [9.17, 15) is 4.79 Å². The van der Waals surface area contributed by atoms with Gasteiger partial charge in [-0.15, -0.1) is 0 Å². The molecule has 0 spiro atoms. The largest absolute Gasteiger partial charge is 0.508 e. The topological polar surface area (TPSA) is 75.3 Å². The van der Waals surface area contributed by atoms with Gasteiger partial charge in [-0.25, -0.2) is 4.79 Å². The molecule has 0 bridgehead atoms. The Hall–Kier alpha value is -1.71. The molecule has 78 valence electrons. The summed E-state index contributed by atoms with van der Waals surface area (Å²) in [7, 11) is 0. The molecule has 4 nitrogen and oxygen atoms in total. The number of aromatic hydroxyl groups is 1. The van der Waals surface area contributed by atoms with Crippen molar-refractivity contribution in [3.05, 3.63) is 30.3 Å². The zero-order chi connectivity index (χ0) is 10.8. The fraction of sp³-hybridized carbons (Fsp3) is 0.300. The number of para-hydroxylation sites is 1. The molecule has 0 atom stereocenters.